The lowest BCUT2D eigenvalue weighted by molar-refractivity contribution is -0.137. The number of aromatic nitrogens is 2. The molecule has 1 aromatic carbocycles. The molecule has 0 amide bonds. The van der Waals surface area contributed by atoms with Crippen LogP contribution in [0.5, 0.6) is 0 Å². The lowest BCUT2D eigenvalue weighted by atomic mass is 10.2. The van der Waals surface area contributed by atoms with Crippen LogP contribution in [0.15, 0.2) is 12.1 Å². The summed E-state index contributed by atoms with van der Waals surface area (Å²) in [6.07, 6.45) is -4.63. The van der Waals surface area contributed by atoms with Crippen LogP contribution in [0.3, 0.4) is 0 Å². The quantitative estimate of drug-likeness (QED) is 0.751. The van der Waals surface area contributed by atoms with E-state index in [0.29, 0.717) is 12.1 Å². The van der Waals surface area contributed by atoms with Gasteiger partial charge in [0.2, 0.25) is 0 Å². The number of nitrogen functional groups attached to an aromatic ring is 1. The van der Waals surface area contributed by atoms with Crippen molar-refractivity contribution in [2.24, 2.45) is 0 Å². The summed E-state index contributed by atoms with van der Waals surface area (Å²) >= 11 is 11.8. The summed E-state index contributed by atoms with van der Waals surface area (Å²) in [6.45, 7) is -0.475. The van der Waals surface area contributed by atoms with E-state index in [1.807, 2.05) is 0 Å². The molecule has 0 bridgehead atoms. The zero-order valence-corrected chi connectivity index (χ0v) is 13.1. The number of hydrogen-bond acceptors (Lipinski definition) is 4. The Morgan fingerprint density at radius 1 is 1.29 bits per heavy atom. The maximum absolute atomic E-state index is 12.8. The van der Waals surface area contributed by atoms with E-state index in [1.54, 1.807) is 6.07 Å². The summed E-state index contributed by atoms with van der Waals surface area (Å²) in [5.41, 5.74) is 4.52. The van der Waals surface area contributed by atoms with Gasteiger partial charge in [-0.2, -0.15) is 23.5 Å². The lowest BCUT2D eigenvalue weighted by Gasteiger charge is -2.13. The minimum Gasteiger partial charge on any atom is -0.384 e. The number of nitriles is 1. The van der Waals surface area contributed by atoms with Crippen molar-refractivity contribution in [2.45, 2.75) is 6.18 Å². The van der Waals surface area contributed by atoms with Crippen LogP contribution < -0.4 is 5.73 Å². The highest BCUT2D eigenvalue weighted by Crippen LogP contribution is 2.38. The zero-order valence-electron chi connectivity index (χ0n) is 11.6. The zero-order chi connectivity index (χ0) is 18.1. The molecule has 124 valence electrons. The largest absolute Gasteiger partial charge is 0.416 e. The van der Waals surface area contributed by atoms with Gasteiger partial charge in [0.25, 0.3) is 0 Å². The average molecular weight is 375 g/mol. The Hall–Kier alpha value is -2.39. The third-order valence-corrected chi connectivity index (χ3v) is 3.45. The molecule has 0 aliphatic carbocycles. The molecule has 0 fully saturated rings. The van der Waals surface area contributed by atoms with E-state index in [4.69, 9.17) is 39.3 Å². The van der Waals surface area contributed by atoms with Crippen molar-refractivity contribution in [3.05, 3.63) is 39.0 Å². The second-order valence-electron chi connectivity index (χ2n) is 4.38. The minimum absolute atomic E-state index is 0.0126. The fourth-order valence-corrected chi connectivity index (χ4v) is 2.51. The first-order valence-electron chi connectivity index (χ1n) is 6.15. The standard InChI is InChI=1S/C14H7Cl2F3N4O/c15-9-4-7(14(17,18)19)5-10(16)12(9)23-13(21)8(2-1-3-24)11(6-20)22-23/h4-5,24H,3,21H2. The third kappa shape index (κ3) is 3.26. The van der Waals surface area contributed by atoms with Crippen LogP contribution in [0.2, 0.25) is 10.0 Å². The number of aliphatic hydroxyl groups is 1. The van der Waals surface area contributed by atoms with Crippen molar-refractivity contribution in [1.29, 1.82) is 5.26 Å². The van der Waals surface area contributed by atoms with Gasteiger partial charge in [0, 0.05) is 0 Å². The van der Waals surface area contributed by atoms with Crippen molar-refractivity contribution in [2.75, 3.05) is 12.3 Å². The van der Waals surface area contributed by atoms with Gasteiger partial charge in [-0.1, -0.05) is 35.0 Å². The smallest absolute Gasteiger partial charge is 0.384 e. The van der Waals surface area contributed by atoms with Gasteiger partial charge in [-0.05, 0) is 12.1 Å². The lowest BCUT2D eigenvalue weighted by Crippen LogP contribution is -2.08. The van der Waals surface area contributed by atoms with Crippen LogP contribution >= 0.6 is 23.2 Å². The molecule has 5 nitrogen and oxygen atoms in total. The summed E-state index contributed by atoms with van der Waals surface area (Å²) in [5, 5.41) is 21.0. The number of anilines is 1. The van der Waals surface area contributed by atoms with Crippen LogP contribution in [0, 0.1) is 23.2 Å². The van der Waals surface area contributed by atoms with Crippen LogP contribution in [0.25, 0.3) is 5.69 Å². The summed E-state index contributed by atoms with van der Waals surface area (Å²) < 4.78 is 39.3. The average Bonchev–Trinajstić information content (AvgIpc) is 2.80. The number of aliphatic hydroxyl groups excluding tert-OH is 1. The highest BCUT2D eigenvalue weighted by molar-refractivity contribution is 6.38. The first-order chi connectivity index (χ1) is 11.2. The van der Waals surface area contributed by atoms with Crippen molar-refractivity contribution in [3.8, 4) is 23.6 Å². The van der Waals surface area contributed by atoms with E-state index in [0.717, 1.165) is 4.68 Å². The molecular weight excluding hydrogens is 368 g/mol. The second-order valence-corrected chi connectivity index (χ2v) is 5.19. The van der Waals surface area contributed by atoms with E-state index >= 15 is 0 Å². The molecule has 0 unspecified atom stereocenters. The number of hydrogen-bond donors (Lipinski definition) is 2. The molecule has 0 spiro atoms. The molecule has 24 heavy (non-hydrogen) atoms. The monoisotopic (exact) mass is 374 g/mol. The maximum Gasteiger partial charge on any atom is 0.416 e. The molecule has 0 saturated carbocycles. The van der Waals surface area contributed by atoms with E-state index in [2.05, 4.69) is 16.9 Å². The van der Waals surface area contributed by atoms with Crippen molar-refractivity contribution < 1.29 is 18.3 Å². The summed E-state index contributed by atoms with van der Waals surface area (Å²) in [4.78, 5) is 0. The Labute approximate surface area is 144 Å². The van der Waals surface area contributed by atoms with Crippen LogP contribution in [-0.4, -0.2) is 21.5 Å². The Morgan fingerprint density at radius 3 is 2.33 bits per heavy atom. The molecule has 0 aliphatic heterocycles. The number of benzene rings is 1. The summed E-state index contributed by atoms with van der Waals surface area (Å²) in [6, 6.07) is 3.10. The molecule has 1 heterocycles. The predicted octanol–water partition coefficient (Wildman–Crippen LogP) is 3.00. The SMILES string of the molecule is N#Cc1nn(-c2c(Cl)cc(C(F)(F)F)cc2Cl)c(N)c1C#CCO. The van der Waals surface area contributed by atoms with Gasteiger partial charge in [-0.25, -0.2) is 4.68 Å². The third-order valence-electron chi connectivity index (χ3n) is 2.88. The van der Waals surface area contributed by atoms with Gasteiger partial charge in [0.15, 0.2) is 5.69 Å². The molecule has 2 aromatic rings. The highest BCUT2D eigenvalue weighted by Gasteiger charge is 2.32. The number of nitrogens with two attached hydrogens (primary N) is 1. The van der Waals surface area contributed by atoms with Gasteiger partial charge < -0.3 is 10.8 Å². The number of nitrogens with zero attached hydrogens (tertiary/aromatic N) is 3. The topological polar surface area (TPSA) is 87.9 Å². The number of alkyl halides is 3. The predicted molar refractivity (Wildman–Crippen MR) is 81.7 cm³/mol. The van der Waals surface area contributed by atoms with Gasteiger partial charge in [-0.15, -0.1) is 0 Å². The van der Waals surface area contributed by atoms with Gasteiger partial charge >= 0.3 is 6.18 Å². The molecule has 10 heteroatoms. The molecule has 0 atom stereocenters. The van der Waals surface area contributed by atoms with Crippen LogP contribution in [0.1, 0.15) is 16.8 Å². The van der Waals surface area contributed by atoms with Gasteiger partial charge in [-0.3, -0.25) is 0 Å². The highest BCUT2D eigenvalue weighted by atomic mass is 35.5. The molecule has 0 saturated heterocycles. The fraction of sp³-hybridized carbons (Fsp3) is 0.143. The van der Waals surface area contributed by atoms with Crippen molar-refractivity contribution in [1.82, 2.24) is 9.78 Å². The van der Waals surface area contributed by atoms with Crippen molar-refractivity contribution >= 4 is 29.0 Å². The normalized spacial score (nSPS) is 10.9. The first kappa shape index (κ1) is 18.0. The fourth-order valence-electron chi connectivity index (χ4n) is 1.86. The molecule has 0 radical (unpaired) electrons. The Morgan fingerprint density at radius 2 is 1.88 bits per heavy atom. The van der Waals surface area contributed by atoms with Gasteiger partial charge in [0.1, 0.15) is 29.7 Å². The van der Waals surface area contributed by atoms with E-state index in [-0.39, 0.29) is 32.8 Å². The minimum atomic E-state index is -4.63. The Kier molecular flexibility index (Phi) is 4.95. The maximum atomic E-state index is 12.8. The first-order valence-corrected chi connectivity index (χ1v) is 6.91. The van der Waals surface area contributed by atoms with Crippen LogP contribution in [-0.2, 0) is 6.18 Å². The molecule has 3 N–H and O–H groups in total. The van der Waals surface area contributed by atoms with Crippen LogP contribution in [0.4, 0.5) is 19.0 Å². The summed E-state index contributed by atoms with van der Waals surface area (Å²) in [7, 11) is 0. The Bertz CT molecular complexity index is 881. The molecule has 2 rings (SSSR count). The van der Waals surface area contributed by atoms with Crippen molar-refractivity contribution in [3.63, 3.8) is 0 Å². The van der Waals surface area contributed by atoms with E-state index in [1.165, 1.54) is 0 Å². The number of rotatable bonds is 1. The Balaban J connectivity index is 2.70. The van der Waals surface area contributed by atoms with Gasteiger partial charge in [0.05, 0.1) is 15.6 Å². The summed E-state index contributed by atoms with van der Waals surface area (Å²) in [5.74, 6) is 4.62. The second kappa shape index (κ2) is 6.62. The molecule has 0 aliphatic rings. The van der Waals surface area contributed by atoms with E-state index < -0.39 is 18.3 Å². The molecule has 1 aromatic heterocycles. The molecular formula is C14H7Cl2F3N4O. The van der Waals surface area contributed by atoms with E-state index in [9.17, 15) is 13.2 Å². The number of halogens is 5.